The molecular formula is C49H76N4O15. The number of esters is 2. The molecule has 0 radical (unpaired) electrons. The Balaban J connectivity index is 1.62. The normalized spacial score (nSPS) is 42.3. The van der Waals surface area contributed by atoms with Crippen molar-refractivity contribution in [3.63, 3.8) is 0 Å². The molecule has 4 aliphatic rings. The number of oxime groups is 1. The van der Waals surface area contributed by atoms with Crippen LogP contribution in [0.15, 0.2) is 35.6 Å². The summed E-state index contributed by atoms with van der Waals surface area (Å²) >= 11 is 0. The van der Waals surface area contributed by atoms with Crippen molar-refractivity contribution in [3.8, 4) is 0 Å². The Labute approximate surface area is 400 Å². The average molecular weight is 961 g/mol. The third-order valence-electron chi connectivity index (χ3n) is 15.0. The first-order valence-electron chi connectivity index (χ1n) is 23.7. The fourth-order valence-corrected chi connectivity index (χ4v) is 10.9. The van der Waals surface area contributed by atoms with Gasteiger partial charge in [0.2, 0.25) is 0 Å². The first-order valence-corrected chi connectivity index (χ1v) is 23.7. The first-order chi connectivity index (χ1) is 31.9. The number of fused-ring (bicyclic) bond motifs is 1. The molecule has 1 aromatic heterocycles. The number of cyclic esters (lactones) is 1. The first kappa shape index (κ1) is 55.0. The number of amidine groups is 1. The Hall–Kier alpha value is -3.92. The second-order valence-electron chi connectivity index (χ2n) is 20.1. The van der Waals surface area contributed by atoms with Gasteiger partial charge in [-0.3, -0.25) is 19.4 Å². The molecule has 382 valence electrons. The van der Waals surface area contributed by atoms with Gasteiger partial charge in [-0.15, -0.1) is 0 Å². The third-order valence-corrected chi connectivity index (χ3v) is 15.0. The molecule has 0 saturated carbocycles. The Morgan fingerprint density at radius 3 is 2.24 bits per heavy atom. The number of aliphatic hydroxyl groups excluding tert-OH is 2. The van der Waals surface area contributed by atoms with Crippen LogP contribution in [-0.2, 0) is 61.9 Å². The highest BCUT2D eigenvalue weighted by Gasteiger charge is 2.63. The van der Waals surface area contributed by atoms with Gasteiger partial charge in [0.1, 0.15) is 30.0 Å². The van der Waals surface area contributed by atoms with Crippen LogP contribution in [0.3, 0.4) is 0 Å². The second-order valence-corrected chi connectivity index (χ2v) is 20.1. The third kappa shape index (κ3) is 11.6. The number of methoxy groups -OCH3 is 2. The zero-order chi connectivity index (χ0) is 50.6. The van der Waals surface area contributed by atoms with Gasteiger partial charge in [0, 0.05) is 62.6 Å². The zero-order valence-electron chi connectivity index (χ0n) is 42.2. The number of hydrogen-bond acceptors (Lipinski definition) is 18. The number of rotatable bonds is 12. The highest BCUT2D eigenvalue weighted by molar-refractivity contribution is 6.03. The minimum Gasteiger partial charge on any atom is -0.458 e. The summed E-state index contributed by atoms with van der Waals surface area (Å²) in [5, 5.41) is 26.8. The predicted octanol–water partition coefficient (Wildman–Crippen LogP) is 3.80. The van der Waals surface area contributed by atoms with Crippen molar-refractivity contribution in [1.82, 2.24) is 9.88 Å². The van der Waals surface area contributed by atoms with Gasteiger partial charge >= 0.3 is 17.9 Å². The lowest BCUT2D eigenvalue weighted by Gasteiger charge is -2.50. The summed E-state index contributed by atoms with van der Waals surface area (Å²) in [4.78, 5) is 68.0. The van der Waals surface area contributed by atoms with E-state index in [1.54, 1.807) is 79.8 Å². The SMILES string of the molecule is CC[C@H]1OC(=O)[C@H](C)[C@@H](OC2CC(C)(OC)C(O)C(C)O2)[C@H](C)[C@@H](OC2OC(C)CC(N(C)C)C2O)[C@@](C)(OC)C[C@@H](C)C(=O)[C@H](C)C2C(/C(N)=N/OC(=O)/C=C/c3ccccn3)C(=O)O[C@@]21C. The summed E-state index contributed by atoms with van der Waals surface area (Å²) in [7, 11) is 6.72. The second kappa shape index (κ2) is 22.4. The number of ether oxygens (including phenoxy) is 8. The maximum Gasteiger partial charge on any atom is 0.358 e. The number of likely N-dealkylation sites (N-methyl/N-ethyl adjacent to an activating group) is 1. The molecule has 0 bridgehead atoms. The van der Waals surface area contributed by atoms with E-state index in [1.165, 1.54) is 20.3 Å². The zero-order valence-corrected chi connectivity index (χ0v) is 42.2. The standard InChI is InChI=1S/C49H76N4O15/c1-15-33-49(10)37(36(45(59)67-49)43(50)52-68-34(54)20-19-31-18-16-17-21-51-31)27(4)38(55)25(2)23-48(9,61-14)42(66-46-39(56)32(53(11)12)22-26(3)62-46)28(5)40(29(6)44(58)64-33)65-35-24-47(8,60-13)41(57)30(7)63-35/h16-21,25-30,32-33,35-37,39-42,46,56-57H,15,22-24H2,1-14H3,(H2,50,52)/b20-19+/t25-,26?,27-,28+,29-,30?,32?,33-,35?,36?,37?,39?,40+,41?,42-,46?,47?,48+,49-/m1/s1. The van der Waals surface area contributed by atoms with Gasteiger partial charge in [-0.05, 0) is 93.1 Å². The molecular weight excluding hydrogens is 885 g/mol. The van der Waals surface area contributed by atoms with E-state index in [1.807, 2.05) is 32.8 Å². The molecule has 1 aromatic rings. The van der Waals surface area contributed by atoms with Crippen molar-refractivity contribution in [3.05, 3.63) is 36.2 Å². The average Bonchev–Trinajstić information content (AvgIpc) is 3.58. The molecule has 0 spiro atoms. The maximum absolute atomic E-state index is 15.0. The van der Waals surface area contributed by atoms with Crippen LogP contribution in [-0.4, -0.2) is 156 Å². The smallest absolute Gasteiger partial charge is 0.358 e. The van der Waals surface area contributed by atoms with Crippen LogP contribution in [0.25, 0.3) is 6.08 Å². The van der Waals surface area contributed by atoms with Gasteiger partial charge in [-0.25, -0.2) is 4.79 Å². The van der Waals surface area contributed by atoms with Gasteiger partial charge in [0.25, 0.3) is 0 Å². The fraction of sp³-hybridized carbons (Fsp3) is 0.755. The molecule has 4 fully saturated rings. The Morgan fingerprint density at radius 1 is 0.956 bits per heavy atom. The number of pyridine rings is 1. The van der Waals surface area contributed by atoms with Crippen molar-refractivity contribution in [2.45, 2.75) is 173 Å². The molecule has 5 heterocycles. The molecule has 0 aromatic carbocycles. The lowest BCUT2D eigenvalue weighted by atomic mass is 9.67. The number of aliphatic hydroxyl groups is 2. The van der Waals surface area contributed by atoms with E-state index in [9.17, 15) is 24.6 Å². The highest BCUT2D eigenvalue weighted by atomic mass is 16.7. The monoisotopic (exact) mass is 961 g/mol. The van der Waals surface area contributed by atoms with E-state index in [4.69, 9.17) is 48.5 Å². The van der Waals surface area contributed by atoms with Crippen molar-refractivity contribution in [2.24, 2.45) is 46.4 Å². The molecule has 4 saturated heterocycles. The van der Waals surface area contributed by atoms with E-state index >= 15 is 4.79 Å². The van der Waals surface area contributed by atoms with Crippen LogP contribution in [0.5, 0.6) is 0 Å². The summed E-state index contributed by atoms with van der Waals surface area (Å²) in [5.74, 6) is -9.39. The summed E-state index contributed by atoms with van der Waals surface area (Å²) in [6.07, 6.45) is -3.75. The minimum atomic E-state index is -1.65. The summed E-state index contributed by atoms with van der Waals surface area (Å²) < 4.78 is 51.1. The fourth-order valence-electron chi connectivity index (χ4n) is 10.9. The van der Waals surface area contributed by atoms with E-state index < -0.39 is 125 Å². The van der Waals surface area contributed by atoms with E-state index in [2.05, 4.69) is 10.1 Å². The molecule has 4 N–H and O–H groups in total. The summed E-state index contributed by atoms with van der Waals surface area (Å²) in [6.45, 7) is 17.4. The van der Waals surface area contributed by atoms with Crippen LogP contribution in [0.4, 0.5) is 0 Å². The maximum atomic E-state index is 15.0. The predicted molar refractivity (Wildman–Crippen MR) is 247 cm³/mol. The van der Waals surface area contributed by atoms with E-state index in [-0.39, 0.29) is 37.2 Å². The van der Waals surface area contributed by atoms with Gasteiger partial charge in [-0.2, -0.15) is 0 Å². The summed E-state index contributed by atoms with van der Waals surface area (Å²) in [6, 6.07) is 4.82. The number of hydrogen-bond donors (Lipinski definition) is 3. The Kier molecular flexibility index (Phi) is 18.2. The van der Waals surface area contributed by atoms with Crippen LogP contribution < -0.4 is 5.73 Å². The molecule has 68 heavy (non-hydrogen) atoms. The lowest BCUT2D eigenvalue weighted by molar-refractivity contribution is -0.319. The molecule has 4 aliphatic heterocycles. The van der Waals surface area contributed by atoms with Crippen molar-refractivity contribution in [1.29, 1.82) is 0 Å². The van der Waals surface area contributed by atoms with Crippen LogP contribution >= 0.6 is 0 Å². The van der Waals surface area contributed by atoms with Crippen LogP contribution in [0, 0.1) is 35.5 Å². The Morgan fingerprint density at radius 2 is 1.63 bits per heavy atom. The number of aromatic nitrogens is 1. The molecule has 5 rings (SSSR count). The molecule has 10 unspecified atom stereocenters. The Bertz CT molecular complexity index is 1970. The largest absolute Gasteiger partial charge is 0.458 e. The van der Waals surface area contributed by atoms with Crippen molar-refractivity contribution in [2.75, 3.05) is 28.3 Å². The molecule has 0 aliphatic carbocycles. The number of carbonyl (C=O) groups is 4. The van der Waals surface area contributed by atoms with E-state index in [0.717, 1.165) is 6.08 Å². The number of nitrogens with zero attached hydrogens (tertiary/aromatic N) is 3. The number of Topliss-reactive ketones (excluding diaryl/α,β-unsaturated/α-hetero) is 1. The highest BCUT2D eigenvalue weighted by Crippen LogP contribution is 2.49. The quantitative estimate of drug-likeness (QED) is 0.0673. The van der Waals surface area contributed by atoms with Gasteiger partial charge < -0.3 is 63.6 Å². The number of ketones is 1. The molecule has 0 amide bonds. The minimum absolute atomic E-state index is 0.0392. The van der Waals surface area contributed by atoms with Gasteiger partial charge in [-0.1, -0.05) is 38.9 Å². The van der Waals surface area contributed by atoms with Crippen LogP contribution in [0.1, 0.15) is 101 Å². The van der Waals surface area contributed by atoms with Gasteiger partial charge in [0.15, 0.2) is 24.0 Å². The lowest BCUT2D eigenvalue weighted by Crippen LogP contribution is -2.61. The molecule has 19 nitrogen and oxygen atoms in total. The van der Waals surface area contributed by atoms with Gasteiger partial charge in [0.05, 0.1) is 47.2 Å². The van der Waals surface area contributed by atoms with Crippen molar-refractivity contribution < 1.29 is 72.1 Å². The van der Waals surface area contributed by atoms with Crippen LogP contribution in [0.2, 0.25) is 0 Å². The van der Waals surface area contributed by atoms with E-state index in [0.29, 0.717) is 12.1 Å². The summed E-state index contributed by atoms with van der Waals surface area (Å²) in [5.41, 5.74) is 2.91. The number of nitrogens with two attached hydrogens (primary N) is 1. The number of carbonyl (C=O) groups excluding carboxylic acids is 4. The topological polar surface area (TPSA) is 246 Å². The van der Waals surface area contributed by atoms with Crippen molar-refractivity contribution >= 4 is 35.6 Å². The molecule has 19 heteroatoms. The molecule has 19 atom stereocenters.